The Kier molecular flexibility index (Phi) is 7.46. The first-order valence-electron chi connectivity index (χ1n) is 9.23. The van der Waals surface area contributed by atoms with Crippen molar-refractivity contribution < 1.29 is 13.9 Å². The van der Waals surface area contributed by atoms with Crippen LogP contribution in [0.2, 0.25) is 0 Å². The summed E-state index contributed by atoms with van der Waals surface area (Å²) in [5.74, 6) is 1.21. The quantitative estimate of drug-likeness (QED) is 0.449. The molecule has 28 heavy (non-hydrogen) atoms. The van der Waals surface area contributed by atoms with Gasteiger partial charge in [0.1, 0.15) is 12.4 Å². The molecule has 0 aliphatic rings. The molecule has 0 saturated carbocycles. The number of rotatable bonds is 9. The third kappa shape index (κ3) is 5.81. The van der Waals surface area contributed by atoms with Crippen LogP contribution in [0, 0.1) is 5.82 Å². The Morgan fingerprint density at radius 1 is 0.857 bits per heavy atom. The molecular formula is C23H23BrFNO2. The average Bonchev–Trinajstić information content (AvgIpc) is 2.71. The third-order valence-corrected chi connectivity index (χ3v) is 4.95. The summed E-state index contributed by atoms with van der Waals surface area (Å²) in [7, 11) is 0. The van der Waals surface area contributed by atoms with Gasteiger partial charge in [-0.2, -0.15) is 0 Å². The Balaban J connectivity index is 1.66. The van der Waals surface area contributed by atoms with Gasteiger partial charge in [-0.3, -0.25) is 0 Å². The lowest BCUT2D eigenvalue weighted by molar-refractivity contribution is 0.269. The van der Waals surface area contributed by atoms with Crippen molar-refractivity contribution in [3.8, 4) is 11.5 Å². The Labute approximate surface area is 173 Å². The van der Waals surface area contributed by atoms with Gasteiger partial charge in [0, 0.05) is 17.6 Å². The summed E-state index contributed by atoms with van der Waals surface area (Å²) in [5, 5.41) is 3.38. The Bertz CT molecular complexity index is 885. The third-order valence-electron chi connectivity index (χ3n) is 4.21. The lowest BCUT2D eigenvalue weighted by atomic mass is 10.1. The zero-order chi connectivity index (χ0) is 19.8. The maximum atomic E-state index is 13.0. The number of halogens is 2. The number of hydrogen-bond acceptors (Lipinski definition) is 3. The van der Waals surface area contributed by atoms with E-state index in [1.807, 2.05) is 49.4 Å². The van der Waals surface area contributed by atoms with Gasteiger partial charge in [-0.05, 0) is 47.9 Å². The van der Waals surface area contributed by atoms with Crippen LogP contribution in [0.3, 0.4) is 0 Å². The standard InChI is InChI=1S/C23H23BrFNO2/c1-2-27-22-12-19(15-26-14-17-8-10-20(25)11-9-17)21(24)13-23(22)28-16-18-6-4-3-5-7-18/h3-13,26H,2,14-16H2,1H3. The normalized spacial score (nSPS) is 10.7. The van der Waals surface area contributed by atoms with Crippen molar-refractivity contribution in [2.24, 2.45) is 0 Å². The van der Waals surface area contributed by atoms with Crippen LogP contribution in [0.15, 0.2) is 71.2 Å². The van der Waals surface area contributed by atoms with Crippen LogP contribution in [-0.2, 0) is 19.7 Å². The van der Waals surface area contributed by atoms with E-state index < -0.39 is 0 Å². The smallest absolute Gasteiger partial charge is 0.162 e. The Morgan fingerprint density at radius 2 is 1.57 bits per heavy atom. The summed E-state index contributed by atoms with van der Waals surface area (Å²) >= 11 is 3.63. The summed E-state index contributed by atoms with van der Waals surface area (Å²) in [6, 6.07) is 20.5. The van der Waals surface area contributed by atoms with Gasteiger partial charge in [0.25, 0.3) is 0 Å². The van der Waals surface area contributed by atoms with Gasteiger partial charge in [0.15, 0.2) is 11.5 Å². The van der Waals surface area contributed by atoms with Crippen molar-refractivity contribution in [3.05, 3.63) is 93.7 Å². The highest BCUT2D eigenvalue weighted by atomic mass is 79.9. The zero-order valence-corrected chi connectivity index (χ0v) is 17.3. The molecule has 0 aromatic heterocycles. The van der Waals surface area contributed by atoms with E-state index in [1.165, 1.54) is 12.1 Å². The van der Waals surface area contributed by atoms with Crippen LogP contribution in [0.4, 0.5) is 4.39 Å². The minimum atomic E-state index is -0.223. The molecule has 0 radical (unpaired) electrons. The van der Waals surface area contributed by atoms with Crippen LogP contribution in [0.5, 0.6) is 11.5 Å². The van der Waals surface area contributed by atoms with Crippen molar-refractivity contribution in [2.45, 2.75) is 26.6 Å². The van der Waals surface area contributed by atoms with Crippen LogP contribution in [0.25, 0.3) is 0 Å². The molecule has 0 heterocycles. The first-order chi connectivity index (χ1) is 13.7. The van der Waals surface area contributed by atoms with Gasteiger partial charge in [-0.25, -0.2) is 4.39 Å². The molecular weight excluding hydrogens is 421 g/mol. The molecule has 0 spiro atoms. The van der Waals surface area contributed by atoms with Crippen molar-refractivity contribution in [1.29, 1.82) is 0 Å². The molecule has 0 aliphatic carbocycles. The molecule has 3 aromatic rings. The fraction of sp³-hybridized carbons (Fsp3) is 0.217. The molecule has 3 aromatic carbocycles. The SMILES string of the molecule is CCOc1cc(CNCc2ccc(F)cc2)c(Br)cc1OCc1ccccc1. The zero-order valence-electron chi connectivity index (χ0n) is 15.8. The highest BCUT2D eigenvalue weighted by molar-refractivity contribution is 9.10. The largest absolute Gasteiger partial charge is 0.490 e. The highest BCUT2D eigenvalue weighted by Crippen LogP contribution is 2.34. The lowest BCUT2D eigenvalue weighted by Gasteiger charge is -2.15. The fourth-order valence-corrected chi connectivity index (χ4v) is 3.24. The molecule has 3 rings (SSSR count). The molecule has 0 atom stereocenters. The van der Waals surface area contributed by atoms with E-state index in [1.54, 1.807) is 12.1 Å². The number of ether oxygens (including phenoxy) is 2. The van der Waals surface area contributed by atoms with E-state index >= 15 is 0 Å². The minimum Gasteiger partial charge on any atom is -0.490 e. The molecule has 0 saturated heterocycles. The minimum absolute atomic E-state index is 0.223. The summed E-state index contributed by atoms with van der Waals surface area (Å²) in [6.07, 6.45) is 0. The molecule has 3 nitrogen and oxygen atoms in total. The van der Waals surface area contributed by atoms with Gasteiger partial charge in [0.2, 0.25) is 0 Å². The summed E-state index contributed by atoms with van der Waals surface area (Å²) in [6.45, 7) is 4.30. The topological polar surface area (TPSA) is 30.5 Å². The van der Waals surface area contributed by atoms with Crippen LogP contribution < -0.4 is 14.8 Å². The van der Waals surface area contributed by atoms with E-state index in [2.05, 4.69) is 21.2 Å². The highest BCUT2D eigenvalue weighted by Gasteiger charge is 2.11. The molecule has 146 valence electrons. The maximum absolute atomic E-state index is 13.0. The predicted molar refractivity (Wildman–Crippen MR) is 113 cm³/mol. The average molecular weight is 444 g/mol. The van der Waals surface area contributed by atoms with Crippen LogP contribution in [0.1, 0.15) is 23.6 Å². The van der Waals surface area contributed by atoms with Crippen molar-refractivity contribution in [1.82, 2.24) is 5.32 Å². The van der Waals surface area contributed by atoms with Gasteiger partial charge in [-0.15, -0.1) is 0 Å². The first-order valence-corrected chi connectivity index (χ1v) is 10.0. The van der Waals surface area contributed by atoms with E-state index in [-0.39, 0.29) is 5.82 Å². The Hall–Kier alpha value is -2.37. The molecule has 0 fully saturated rings. The second-order valence-electron chi connectivity index (χ2n) is 6.33. The summed E-state index contributed by atoms with van der Waals surface area (Å²) in [4.78, 5) is 0. The lowest BCUT2D eigenvalue weighted by Crippen LogP contribution is -2.13. The van der Waals surface area contributed by atoms with Gasteiger partial charge in [0.05, 0.1) is 6.61 Å². The second-order valence-corrected chi connectivity index (χ2v) is 7.18. The van der Waals surface area contributed by atoms with Crippen molar-refractivity contribution >= 4 is 15.9 Å². The van der Waals surface area contributed by atoms with Crippen LogP contribution >= 0.6 is 15.9 Å². The molecule has 0 unspecified atom stereocenters. The van der Waals surface area contributed by atoms with Gasteiger partial charge in [-0.1, -0.05) is 58.4 Å². The molecule has 0 bridgehead atoms. The number of benzene rings is 3. The molecule has 5 heteroatoms. The monoisotopic (exact) mass is 443 g/mol. The van der Waals surface area contributed by atoms with Gasteiger partial charge < -0.3 is 14.8 Å². The maximum Gasteiger partial charge on any atom is 0.162 e. The van der Waals surface area contributed by atoms with E-state index in [0.29, 0.717) is 32.1 Å². The number of hydrogen-bond donors (Lipinski definition) is 1. The van der Waals surface area contributed by atoms with Gasteiger partial charge >= 0.3 is 0 Å². The molecule has 0 amide bonds. The van der Waals surface area contributed by atoms with E-state index in [0.717, 1.165) is 26.9 Å². The molecule has 1 N–H and O–H groups in total. The fourth-order valence-electron chi connectivity index (χ4n) is 2.77. The summed E-state index contributed by atoms with van der Waals surface area (Å²) in [5.41, 5.74) is 3.20. The first kappa shape index (κ1) is 20.4. The predicted octanol–water partition coefficient (Wildman–Crippen LogP) is 5.86. The molecule has 0 aliphatic heterocycles. The summed E-state index contributed by atoms with van der Waals surface area (Å²) < 4.78 is 25.7. The number of nitrogens with one attached hydrogen (secondary N) is 1. The Morgan fingerprint density at radius 3 is 2.29 bits per heavy atom. The van der Waals surface area contributed by atoms with Crippen molar-refractivity contribution in [3.63, 3.8) is 0 Å². The van der Waals surface area contributed by atoms with Crippen molar-refractivity contribution in [2.75, 3.05) is 6.61 Å². The van der Waals surface area contributed by atoms with Crippen LogP contribution in [-0.4, -0.2) is 6.61 Å². The van der Waals surface area contributed by atoms with E-state index in [4.69, 9.17) is 9.47 Å². The van der Waals surface area contributed by atoms with E-state index in [9.17, 15) is 4.39 Å². The second kappa shape index (κ2) is 10.2.